The van der Waals surface area contributed by atoms with Gasteiger partial charge in [0.25, 0.3) is 0 Å². The molecule has 1 aromatic carbocycles. The van der Waals surface area contributed by atoms with Gasteiger partial charge < -0.3 is 9.64 Å². The van der Waals surface area contributed by atoms with Crippen molar-refractivity contribution in [2.75, 3.05) is 19.8 Å². The van der Waals surface area contributed by atoms with Crippen LogP contribution in [-0.2, 0) is 29.5 Å². The lowest BCUT2D eigenvalue weighted by atomic mass is 9.95. The maximum Gasteiger partial charge on any atom is 0.219 e. The minimum Gasteiger partial charge on any atom is -0.381 e. The van der Waals surface area contributed by atoms with Crippen LogP contribution < -0.4 is 0 Å². The summed E-state index contributed by atoms with van der Waals surface area (Å²) in [7, 11) is 1.91. The zero-order valence-corrected chi connectivity index (χ0v) is 20.5. The van der Waals surface area contributed by atoms with E-state index in [1.54, 1.807) is 11.6 Å². The van der Waals surface area contributed by atoms with Gasteiger partial charge in [0.2, 0.25) is 5.91 Å². The number of fused-ring (bicyclic) bond motifs is 2. The quantitative estimate of drug-likeness (QED) is 0.451. The van der Waals surface area contributed by atoms with Gasteiger partial charge in [-0.1, -0.05) is 12.1 Å². The molecular formula is C27H30N6O2. The summed E-state index contributed by atoms with van der Waals surface area (Å²) in [5, 5.41) is 11.8. The molecule has 1 saturated heterocycles. The molecule has 0 N–H and O–H groups in total. The lowest BCUT2D eigenvalue weighted by molar-refractivity contribution is -0.129. The second kappa shape index (κ2) is 8.61. The van der Waals surface area contributed by atoms with Crippen LogP contribution in [0.3, 0.4) is 0 Å². The molecule has 0 spiro atoms. The normalized spacial score (nSPS) is 16.6. The van der Waals surface area contributed by atoms with Crippen molar-refractivity contribution in [3.63, 3.8) is 0 Å². The van der Waals surface area contributed by atoms with E-state index in [2.05, 4.69) is 34.9 Å². The molecule has 6 rings (SSSR count). The Morgan fingerprint density at radius 1 is 1.14 bits per heavy atom. The number of hydrogen-bond donors (Lipinski definition) is 0. The predicted molar refractivity (Wildman–Crippen MR) is 134 cm³/mol. The molecule has 0 bridgehead atoms. The van der Waals surface area contributed by atoms with E-state index in [0.717, 1.165) is 72.3 Å². The highest BCUT2D eigenvalue weighted by Crippen LogP contribution is 2.38. The molecule has 3 aromatic heterocycles. The fourth-order valence-corrected chi connectivity index (χ4v) is 5.46. The first kappa shape index (κ1) is 22.0. The Kier molecular flexibility index (Phi) is 5.40. The molecule has 2 aliphatic rings. The Balaban J connectivity index is 1.51. The predicted octanol–water partition coefficient (Wildman–Crippen LogP) is 4.06. The molecule has 0 saturated carbocycles. The molecule has 180 valence electrons. The Bertz CT molecular complexity index is 1430. The van der Waals surface area contributed by atoms with E-state index in [1.807, 2.05) is 30.5 Å². The molecule has 8 heteroatoms. The van der Waals surface area contributed by atoms with Crippen molar-refractivity contribution in [2.24, 2.45) is 7.05 Å². The van der Waals surface area contributed by atoms with Crippen molar-refractivity contribution >= 4 is 16.7 Å². The third-order valence-electron chi connectivity index (χ3n) is 7.44. The lowest BCUT2D eigenvalue weighted by Crippen LogP contribution is -2.35. The number of carbonyl (C=O) groups is 1. The minimum absolute atomic E-state index is 0.108. The van der Waals surface area contributed by atoms with Crippen LogP contribution in [0.15, 0.2) is 36.8 Å². The highest BCUT2D eigenvalue weighted by atomic mass is 16.5. The van der Waals surface area contributed by atoms with Crippen molar-refractivity contribution in [3.8, 4) is 22.5 Å². The van der Waals surface area contributed by atoms with Gasteiger partial charge in [0.1, 0.15) is 0 Å². The van der Waals surface area contributed by atoms with Crippen molar-refractivity contribution in [2.45, 2.75) is 45.7 Å². The van der Waals surface area contributed by atoms with Gasteiger partial charge >= 0.3 is 0 Å². The van der Waals surface area contributed by atoms with Gasteiger partial charge in [-0.25, -0.2) is 0 Å². The number of hydrogen-bond acceptors (Lipinski definition) is 5. The number of nitrogens with zero attached hydrogens (tertiary/aromatic N) is 6. The molecule has 8 nitrogen and oxygen atoms in total. The van der Waals surface area contributed by atoms with E-state index in [1.165, 1.54) is 16.8 Å². The molecule has 0 radical (unpaired) electrons. The summed E-state index contributed by atoms with van der Waals surface area (Å²) >= 11 is 0. The first-order chi connectivity index (χ1) is 17.0. The number of pyridine rings is 1. The molecular weight excluding hydrogens is 440 g/mol. The largest absolute Gasteiger partial charge is 0.381 e. The van der Waals surface area contributed by atoms with Gasteiger partial charge in [0, 0.05) is 86.9 Å². The van der Waals surface area contributed by atoms with Crippen LogP contribution in [0.5, 0.6) is 0 Å². The molecule has 0 unspecified atom stereocenters. The highest BCUT2D eigenvalue weighted by Gasteiger charge is 2.30. The number of aryl methyl sites for hydroxylation is 2. The van der Waals surface area contributed by atoms with E-state index >= 15 is 0 Å². The number of rotatable bonds is 3. The van der Waals surface area contributed by atoms with Crippen LogP contribution in [-0.4, -0.2) is 55.1 Å². The maximum absolute atomic E-state index is 12.3. The van der Waals surface area contributed by atoms with Crippen LogP contribution in [0.4, 0.5) is 0 Å². The summed E-state index contributed by atoms with van der Waals surface area (Å²) in [6.07, 6.45) is 8.55. The average molecular weight is 471 g/mol. The second-order valence-electron chi connectivity index (χ2n) is 9.70. The first-order valence-corrected chi connectivity index (χ1v) is 12.3. The summed E-state index contributed by atoms with van der Waals surface area (Å²) < 4.78 is 9.65. The van der Waals surface area contributed by atoms with Gasteiger partial charge in [-0.3, -0.25) is 19.1 Å². The van der Waals surface area contributed by atoms with Crippen molar-refractivity contribution in [1.82, 2.24) is 29.4 Å². The molecule has 0 atom stereocenters. The zero-order chi connectivity index (χ0) is 24.1. The molecule has 5 heterocycles. The van der Waals surface area contributed by atoms with E-state index in [-0.39, 0.29) is 5.91 Å². The number of amides is 1. The fourth-order valence-electron chi connectivity index (χ4n) is 5.46. The molecule has 1 fully saturated rings. The third kappa shape index (κ3) is 3.82. The van der Waals surface area contributed by atoms with E-state index in [0.29, 0.717) is 12.6 Å². The summed E-state index contributed by atoms with van der Waals surface area (Å²) in [6, 6.07) is 6.81. The van der Waals surface area contributed by atoms with Crippen LogP contribution in [0.1, 0.15) is 42.6 Å². The number of ether oxygens (including phenoxy) is 1. The van der Waals surface area contributed by atoms with Crippen LogP contribution in [0.25, 0.3) is 33.3 Å². The Hall–Kier alpha value is -3.52. The topological polar surface area (TPSA) is 78.1 Å². The maximum atomic E-state index is 12.3. The van der Waals surface area contributed by atoms with Gasteiger partial charge in [-0.2, -0.15) is 10.2 Å². The Morgan fingerprint density at radius 3 is 2.71 bits per heavy atom. The van der Waals surface area contributed by atoms with E-state index in [9.17, 15) is 4.79 Å². The number of aromatic nitrogens is 5. The number of carbonyl (C=O) groups excluding carboxylic acids is 1. The van der Waals surface area contributed by atoms with Crippen LogP contribution in [0.2, 0.25) is 0 Å². The van der Waals surface area contributed by atoms with Crippen molar-refractivity contribution in [1.29, 1.82) is 0 Å². The highest BCUT2D eigenvalue weighted by molar-refractivity contribution is 5.99. The standard InChI is InChI=1S/C27H30N6O2/c1-17-4-5-21(23-14-28-25(12-22(17)23)19-13-29-31(3)15-19)27-24-16-32(18(2)34)9-6-26(24)33(30-27)20-7-10-35-11-8-20/h4-5,12-15,20H,6-11,16H2,1-3H3. The van der Waals surface area contributed by atoms with E-state index in [4.69, 9.17) is 14.8 Å². The van der Waals surface area contributed by atoms with Gasteiger partial charge in [-0.15, -0.1) is 0 Å². The average Bonchev–Trinajstić information content (AvgIpc) is 3.48. The second-order valence-corrected chi connectivity index (χ2v) is 9.70. The Morgan fingerprint density at radius 2 is 1.97 bits per heavy atom. The van der Waals surface area contributed by atoms with Crippen molar-refractivity contribution < 1.29 is 9.53 Å². The third-order valence-corrected chi connectivity index (χ3v) is 7.44. The number of benzene rings is 1. The Labute approximate surface area is 204 Å². The van der Waals surface area contributed by atoms with Gasteiger partial charge in [-0.05, 0) is 36.8 Å². The zero-order valence-electron chi connectivity index (χ0n) is 20.5. The first-order valence-electron chi connectivity index (χ1n) is 12.3. The molecule has 1 amide bonds. The molecule has 0 aliphatic carbocycles. The molecule has 2 aliphatic heterocycles. The van der Waals surface area contributed by atoms with Crippen LogP contribution in [0, 0.1) is 6.92 Å². The summed E-state index contributed by atoms with van der Waals surface area (Å²) in [5.74, 6) is 0.108. The molecule has 4 aromatic rings. The summed E-state index contributed by atoms with van der Waals surface area (Å²) in [5.41, 5.74) is 7.57. The summed E-state index contributed by atoms with van der Waals surface area (Å²) in [4.78, 5) is 19.0. The van der Waals surface area contributed by atoms with Crippen molar-refractivity contribution in [3.05, 3.63) is 53.6 Å². The smallest absolute Gasteiger partial charge is 0.219 e. The van der Waals surface area contributed by atoms with Gasteiger partial charge in [0.05, 0.1) is 23.6 Å². The monoisotopic (exact) mass is 470 g/mol. The minimum atomic E-state index is 0.108. The fraction of sp³-hybridized carbons (Fsp3) is 0.407. The lowest BCUT2D eigenvalue weighted by Gasteiger charge is -2.29. The van der Waals surface area contributed by atoms with E-state index < -0.39 is 0 Å². The molecule has 35 heavy (non-hydrogen) atoms. The van der Waals surface area contributed by atoms with Crippen LogP contribution >= 0.6 is 0 Å². The van der Waals surface area contributed by atoms with Gasteiger partial charge in [0.15, 0.2) is 0 Å². The summed E-state index contributed by atoms with van der Waals surface area (Å²) in [6.45, 7) is 6.65. The SMILES string of the molecule is CC(=O)N1CCc2c(c(-c3ccc(C)c4cc(-c5cnn(C)c5)ncc34)nn2C2CCOCC2)C1.